The minimum absolute atomic E-state index is 0.221. The van der Waals surface area contributed by atoms with Gasteiger partial charge in [-0.2, -0.15) is 8.42 Å². The largest absolute Gasteiger partial charge is 0.350 e. The van der Waals surface area contributed by atoms with Crippen molar-refractivity contribution in [2.75, 3.05) is 11.2 Å². The molecule has 3 atom stereocenters. The molecule has 5 heterocycles. The predicted octanol–water partition coefficient (Wildman–Crippen LogP) is 2.60. The number of fused-ring (bicyclic) bond motifs is 5. The van der Waals surface area contributed by atoms with Gasteiger partial charge in [-0.3, -0.25) is 9.17 Å². The standard InChI is InChI=1S/C19H22N4O3S/c1-22-17-7-8-20-11-16(17)15-5-6-18(21-19(15)22)23-12-3-4-13(23)10-14(9-12)26-27(2,24)25/h5-8,11-14H,3-4,9-10H2,1-2H3/t12-,13+,14+. The van der Waals surface area contributed by atoms with E-state index in [2.05, 4.69) is 26.6 Å². The summed E-state index contributed by atoms with van der Waals surface area (Å²) in [5, 5.41) is 2.21. The van der Waals surface area contributed by atoms with Crippen LogP contribution in [0.2, 0.25) is 0 Å². The van der Waals surface area contributed by atoms with Gasteiger partial charge >= 0.3 is 0 Å². The fraction of sp³-hybridized carbons (Fsp3) is 0.474. The minimum atomic E-state index is -3.42. The number of pyridine rings is 2. The normalized spacial score (nSPS) is 25.6. The average Bonchev–Trinajstić information content (AvgIpc) is 3.06. The number of aromatic nitrogens is 3. The Kier molecular flexibility index (Phi) is 3.70. The molecule has 3 aromatic rings. The predicted molar refractivity (Wildman–Crippen MR) is 104 cm³/mol. The number of rotatable bonds is 3. The van der Waals surface area contributed by atoms with Crippen molar-refractivity contribution in [1.29, 1.82) is 0 Å². The lowest BCUT2D eigenvalue weighted by molar-refractivity contribution is 0.159. The quantitative estimate of drug-likeness (QED) is 0.644. The third kappa shape index (κ3) is 2.78. The molecule has 0 aromatic carbocycles. The van der Waals surface area contributed by atoms with Gasteiger partial charge in [0.2, 0.25) is 0 Å². The van der Waals surface area contributed by atoms with Crippen LogP contribution in [0, 0.1) is 0 Å². The third-order valence-corrected chi connectivity index (χ3v) is 6.51. The molecule has 0 aliphatic carbocycles. The summed E-state index contributed by atoms with van der Waals surface area (Å²) in [5.74, 6) is 0.965. The van der Waals surface area contributed by atoms with Gasteiger partial charge in [0, 0.05) is 42.3 Å². The van der Waals surface area contributed by atoms with E-state index >= 15 is 0 Å². The molecular weight excluding hydrogens is 364 g/mol. The topological polar surface area (TPSA) is 77.3 Å². The SMILES string of the molecule is Cn1c2ccncc2c2ccc(N3[C@@H]4CC[C@H]3C[C@@H](OS(C)(=O)=O)C4)nc21. The van der Waals surface area contributed by atoms with Crippen LogP contribution in [0.3, 0.4) is 0 Å². The van der Waals surface area contributed by atoms with Crippen molar-refractivity contribution in [3.8, 4) is 0 Å². The Morgan fingerprint density at radius 1 is 1.11 bits per heavy atom. The first-order chi connectivity index (χ1) is 12.9. The summed E-state index contributed by atoms with van der Waals surface area (Å²) in [5.41, 5.74) is 2.07. The lowest BCUT2D eigenvalue weighted by Gasteiger charge is -2.39. The van der Waals surface area contributed by atoms with Crippen LogP contribution in [0.15, 0.2) is 30.6 Å². The molecule has 2 aliphatic rings. The summed E-state index contributed by atoms with van der Waals surface area (Å²) in [7, 11) is -1.39. The van der Waals surface area contributed by atoms with Gasteiger partial charge in [0.25, 0.3) is 10.1 Å². The van der Waals surface area contributed by atoms with E-state index in [-0.39, 0.29) is 18.2 Å². The highest BCUT2D eigenvalue weighted by molar-refractivity contribution is 7.86. The van der Waals surface area contributed by atoms with E-state index < -0.39 is 10.1 Å². The van der Waals surface area contributed by atoms with Crippen molar-refractivity contribution in [2.24, 2.45) is 7.05 Å². The maximum absolute atomic E-state index is 11.5. The molecule has 2 saturated heterocycles. The first-order valence-corrected chi connectivity index (χ1v) is 11.1. The molecule has 0 spiro atoms. The van der Waals surface area contributed by atoms with Gasteiger partial charge in [-0.15, -0.1) is 0 Å². The van der Waals surface area contributed by atoms with Crippen molar-refractivity contribution in [3.05, 3.63) is 30.6 Å². The first-order valence-electron chi connectivity index (χ1n) is 9.26. The van der Waals surface area contributed by atoms with Crippen LogP contribution in [-0.4, -0.2) is 47.4 Å². The van der Waals surface area contributed by atoms with Crippen molar-refractivity contribution in [3.63, 3.8) is 0 Å². The molecular formula is C19H22N4O3S. The molecule has 2 aliphatic heterocycles. The molecule has 8 heteroatoms. The summed E-state index contributed by atoms with van der Waals surface area (Å²) in [6.45, 7) is 0. The molecule has 0 amide bonds. The lowest BCUT2D eigenvalue weighted by atomic mass is 10.00. The Morgan fingerprint density at radius 2 is 1.85 bits per heavy atom. The van der Waals surface area contributed by atoms with Crippen LogP contribution in [0.1, 0.15) is 25.7 Å². The van der Waals surface area contributed by atoms with Crippen molar-refractivity contribution in [2.45, 2.75) is 43.9 Å². The van der Waals surface area contributed by atoms with E-state index in [4.69, 9.17) is 9.17 Å². The van der Waals surface area contributed by atoms with E-state index in [1.54, 1.807) is 6.20 Å². The van der Waals surface area contributed by atoms with Crippen molar-refractivity contribution in [1.82, 2.24) is 14.5 Å². The van der Waals surface area contributed by atoms with Crippen molar-refractivity contribution < 1.29 is 12.6 Å². The fourth-order valence-electron chi connectivity index (χ4n) is 4.88. The Balaban J connectivity index is 1.51. The second kappa shape index (κ2) is 5.90. The third-order valence-electron chi connectivity index (χ3n) is 5.89. The summed E-state index contributed by atoms with van der Waals surface area (Å²) < 4.78 is 30.4. The molecule has 0 saturated carbocycles. The summed E-state index contributed by atoms with van der Waals surface area (Å²) in [6, 6.07) is 6.76. The van der Waals surface area contributed by atoms with Gasteiger partial charge in [0.05, 0.1) is 17.9 Å². The zero-order valence-electron chi connectivity index (χ0n) is 15.4. The summed E-state index contributed by atoms with van der Waals surface area (Å²) in [6.07, 6.45) is 8.14. The average molecular weight is 386 g/mol. The summed E-state index contributed by atoms with van der Waals surface area (Å²) >= 11 is 0. The number of piperidine rings is 1. The molecule has 142 valence electrons. The number of nitrogens with zero attached hydrogens (tertiary/aromatic N) is 4. The van der Waals surface area contributed by atoms with Gasteiger partial charge in [0.15, 0.2) is 0 Å². The molecule has 2 fully saturated rings. The molecule has 3 aromatic heterocycles. The van der Waals surface area contributed by atoms with Crippen LogP contribution in [-0.2, 0) is 21.3 Å². The second-order valence-electron chi connectivity index (χ2n) is 7.68. The first kappa shape index (κ1) is 16.9. The van der Waals surface area contributed by atoms with E-state index in [0.717, 1.165) is 59.7 Å². The zero-order valence-corrected chi connectivity index (χ0v) is 16.2. The van der Waals surface area contributed by atoms with Crippen LogP contribution >= 0.6 is 0 Å². The highest BCUT2D eigenvalue weighted by Gasteiger charge is 2.42. The minimum Gasteiger partial charge on any atom is -0.350 e. The van der Waals surface area contributed by atoms with E-state index in [0.29, 0.717) is 0 Å². The van der Waals surface area contributed by atoms with Gasteiger partial charge in [-0.1, -0.05) is 0 Å². The van der Waals surface area contributed by atoms with E-state index in [9.17, 15) is 8.42 Å². The Hall–Kier alpha value is -2.19. The van der Waals surface area contributed by atoms with Crippen LogP contribution in [0.25, 0.3) is 21.9 Å². The molecule has 7 nitrogen and oxygen atoms in total. The molecule has 0 radical (unpaired) electrons. The molecule has 0 N–H and O–H groups in total. The molecule has 27 heavy (non-hydrogen) atoms. The van der Waals surface area contributed by atoms with Crippen LogP contribution in [0.5, 0.6) is 0 Å². The van der Waals surface area contributed by atoms with Crippen molar-refractivity contribution >= 4 is 37.9 Å². The maximum Gasteiger partial charge on any atom is 0.264 e. The fourth-order valence-corrected chi connectivity index (χ4v) is 5.53. The van der Waals surface area contributed by atoms with Gasteiger partial charge in [-0.05, 0) is 43.9 Å². The van der Waals surface area contributed by atoms with E-state index in [1.165, 1.54) is 0 Å². The number of hydrogen-bond donors (Lipinski definition) is 0. The number of hydrogen-bond acceptors (Lipinski definition) is 6. The van der Waals surface area contributed by atoms with Gasteiger partial charge in [0.1, 0.15) is 11.5 Å². The highest BCUT2D eigenvalue weighted by atomic mass is 32.2. The smallest absolute Gasteiger partial charge is 0.264 e. The van der Waals surface area contributed by atoms with Crippen LogP contribution in [0.4, 0.5) is 5.82 Å². The molecule has 5 rings (SSSR count). The molecule has 2 bridgehead atoms. The molecule has 0 unspecified atom stereocenters. The monoisotopic (exact) mass is 386 g/mol. The van der Waals surface area contributed by atoms with Crippen LogP contribution < -0.4 is 4.90 Å². The lowest BCUT2D eigenvalue weighted by Crippen LogP contribution is -2.46. The zero-order chi connectivity index (χ0) is 18.8. The maximum atomic E-state index is 11.5. The second-order valence-corrected chi connectivity index (χ2v) is 9.28. The van der Waals surface area contributed by atoms with Gasteiger partial charge < -0.3 is 9.47 Å². The van der Waals surface area contributed by atoms with Gasteiger partial charge in [-0.25, -0.2) is 4.98 Å². The Bertz CT molecular complexity index is 1130. The highest BCUT2D eigenvalue weighted by Crippen LogP contribution is 2.40. The van der Waals surface area contributed by atoms with E-state index in [1.807, 2.05) is 19.3 Å². The number of aryl methyl sites for hydroxylation is 1. The Labute approximate surface area is 158 Å². The Morgan fingerprint density at radius 3 is 2.56 bits per heavy atom. The number of anilines is 1. The summed E-state index contributed by atoms with van der Waals surface area (Å²) in [4.78, 5) is 11.6.